The quantitative estimate of drug-likeness (QED) is 0.260. The summed E-state index contributed by atoms with van der Waals surface area (Å²) in [6.07, 6.45) is 0. The molecule has 32 heavy (non-hydrogen) atoms. The first-order valence-electron chi connectivity index (χ1n) is 9.84. The van der Waals surface area contributed by atoms with E-state index in [1.165, 1.54) is 0 Å². The molecule has 3 nitrogen and oxygen atoms in total. The van der Waals surface area contributed by atoms with Crippen LogP contribution >= 0.6 is 34.8 Å². The summed E-state index contributed by atoms with van der Waals surface area (Å²) in [6.45, 7) is 0. The van der Waals surface area contributed by atoms with E-state index in [4.69, 9.17) is 39.2 Å². The lowest BCUT2D eigenvalue weighted by molar-refractivity contribution is 0.597. The number of hydrogen-bond donors (Lipinski definition) is 0. The van der Waals surface area contributed by atoms with Crippen LogP contribution in [0.3, 0.4) is 0 Å². The van der Waals surface area contributed by atoms with E-state index in [-0.39, 0.29) is 0 Å². The Morgan fingerprint density at radius 3 is 1.59 bits per heavy atom. The van der Waals surface area contributed by atoms with E-state index in [1.54, 1.807) is 0 Å². The fourth-order valence-electron chi connectivity index (χ4n) is 3.52. The van der Waals surface area contributed by atoms with Crippen molar-refractivity contribution in [2.75, 3.05) is 0 Å². The number of hydrogen-bond acceptors (Lipinski definition) is 3. The first-order chi connectivity index (χ1) is 15.6. The van der Waals surface area contributed by atoms with Crippen molar-refractivity contribution >= 4 is 34.8 Å². The van der Waals surface area contributed by atoms with Gasteiger partial charge in [-0.1, -0.05) is 83.3 Å². The Morgan fingerprint density at radius 1 is 0.500 bits per heavy atom. The van der Waals surface area contributed by atoms with E-state index in [2.05, 4.69) is 10.2 Å². The van der Waals surface area contributed by atoms with Crippen molar-refractivity contribution in [2.24, 2.45) is 0 Å². The first-order valence-corrected chi connectivity index (χ1v) is 11.0. The highest BCUT2D eigenvalue weighted by Gasteiger charge is 2.19. The molecule has 0 aliphatic heterocycles. The lowest BCUT2D eigenvalue weighted by atomic mass is 10.0. The molecule has 0 atom stereocenters. The van der Waals surface area contributed by atoms with Crippen LogP contribution in [0.25, 0.3) is 45.2 Å². The molecule has 3 aromatic carbocycles. The third-order valence-electron chi connectivity index (χ3n) is 5.08. The maximum absolute atomic E-state index is 6.49. The summed E-state index contributed by atoms with van der Waals surface area (Å²) in [4.78, 5) is 0. The van der Waals surface area contributed by atoms with E-state index in [0.29, 0.717) is 38.0 Å². The Kier molecular flexibility index (Phi) is 5.71. The molecule has 0 aliphatic rings. The molecule has 0 aliphatic carbocycles. The van der Waals surface area contributed by atoms with Gasteiger partial charge in [0.25, 0.3) is 0 Å². The van der Waals surface area contributed by atoms with Gasteiger partial charge >= 0.3 is 0 Å². The highest BCUT2D eigenvalue weighted by Crippen LogP contribution is 2.39. The van der Waals surface area contributed by atoms with Gasteiger partial charge in [0.1, 0.15) is 17.2 Å². The number of halogens is 3. The Balaban J connectivity index is 1.70. The smallest absolute Gasteiger partial charge is 0.137 e. The molecule has 0 radical (unpaired) electrons. The third kappa shape index (κ3) is 3.91. The second-order valence-corrected chi connectivity index (χ2v) is 8.32. The average molecular weight is 478 g/mol. The van der Waals surface area contributed by atoms with Crippen molar-refractivity contribution in [1.82, 2.24) is 10.2 Å². The monoisotopic (exact) mass is 476 g/mol. The van der Waals surface area contributed by atoms with Crippen LogP contribution in [0.1, 0.15) is 0 Å². The second kappa shape index (κ2) is 8.79. The summed E-state index contributed by atoms with van der Waals surface area (Å²) in [7, 11) is 0. The fourth-order valence-corrected chi connectivity index (χ4v) is 4.21. The summed E-state index contributed by atoms with van der Waals surface area (Å²) in [5.74, 6) is 1.28. The van der Waals surface area contributed by atoms with Gasteiger partial charge in [-0.3, -0.25) is 0 Å². The van der Waals surface area contributed by atoms with Crippen molar-refractivity contribution < 1.29 is 4.42 Å². The maximum atomic E-state index is 6.49. The summed E-state index contributed by atoms with van der Waals surface area (Å²) >= 11 is 19.3. The lowest BCUT2D eigenvalue weighted by Crippen LogP contribution is -1.96. The molecule has 0 fully saturated rings. The van der Waals surface area contributed by atoms with Crippen molar-refractivity contribution in [2.45, 2.75) is 0 Å². The van der Waals surface area contributed by atoms with Crippen molar-refractivity contribution in [3.05, 3.63) is 106 Å². The first kappa shape index (κ1) is 20.8. The Morgan fingerprint density at radius 2 is 1.00 bits per heavy atom. The van der Waals surface area contributed by atoms with Crippen molar-refractivity contribution in [3.8, 4) is 45.2 Å². The van der Waals surface area contributed by atoms with Crippen LogP contribution < -0.4 is 0 Å². The number of rotatable bonds is 4. The van der Waals surface area contributed by atoms with Gasteiger partial charge in [-0.05, 0) is 42.5 Å². The van der Waals surface area contributed by atoms with Crippen LogP contribution in [0, 0.1) is 0 Å². The molecule has 5 aromatic rings. The molecule has 2 aromatic heterocycles. The SMILES string of the molecule is Clc1ccccc1-c1cc(-c2ccc(-c3ccccc3Cl)o2)c(-c2ccccc2Cl)nn1. The topological polar surface area (TPSA) is 38.9 Å². The van der Waals surface area contributed by atoms with Crippen LogP contribution in [0.2, 0.25) is 15.1 Å². The Bertz CT molecular complexity index is 1430. The number of nitrogens with zero attached hydrogens (tertiary/aromatic N) is 2. The van der Waals surface area contributed by atoms with E-state index < -0.39 is 0 Å². The molecule has 0 saturated carbocycles. The van der Waals surface area contributed by atoms with Crippen LogP contribution in [0.15, 0.2) is 95.4 Å². The van der Waals surface area contributed by atoms with Crippen LogP contribution in [0.5, 0.6) is 0 Å². The highest BCUT2D eigenvalue weighted by molar-refractivity contribution is 6.34. The van der Waals surface area contributed by atoms with E-state index in [9.17, 15) is 0 Å². The Hall–Kier alpha value is -3.11. The highest BCUT2D eigenvalue weighted by atomic mass is 35.5. The van der Waals surface area contributed by atoms with Gasteiger partial charge in [0.05, 0.1) is 20.8 Å². The molecule has 0 amide bonds. The van der Waals surface area contributed by atoms with Gasteiger partial charge in [0.2, 0.25) is 0 Å². The minimum absolute atomic E-state index is 0.575. The molecule has 0 unspecified atom stereocenters. The molecule has 0 bridgehead atoms. The van der Waals surface area contributed by atoms with E-state index >= 15 is 0 Å². The summed E-state index contributed by atoms with van der Waals surface area (Å²) in [5.41, 5.74) is 4.36. The predicted octanol–water partition coefficient (Wildman–Crippen LogP) is 8.70. The fraction of sp³-hybridized carbons (Fsp3) is 0. The van der Waals surface area contributed by atoms with Gasteiger partial charge < -0.3 is 4.42 Å². The molecular formula is C26H15Cl3N2O. The third-order valence-corrected chi connectivity index (χ3v) is 6.07. The van der Waals surface area contributed by atoms with Gasteiger partial charge in [-0.15, -0.1) is 10.2 Å². The molecule has 0 spiro atoms. The lowest BCUT2D eigenvalue weighted by Gasteiger charge is -2.11. The van der Waals surface area contributed by atoms with Crippen LogP contribution in [0.4, 0.5) is 0 Å². The minimum atomic E-state index is 0.575. The minimum Gasteiger partial charge on any atom is -0.456 e. The van der Waals surface area contributed by atoms with E-state index in [0.717, 1.165) is 22.3 Å². The standard InChI is InChI=1S/C26H15Cl3N2O/c27-20-10-4-1-7-16(20)23-15-19(26(31-30-23)18-9-3-6-12-22(18)29)25-14-13-24(32-25)17-8-2-5-11-21(17)28/h1-15H. The molecule has 0 saturated heterocycles. The number of furan rings is 1. The average Bonchev–Trinajstić information content (AvgIpc) is 3.30. The van der Waals surface area contributed by atoms with Crippen molar-refractivity contribution in [3.63, 3.8) is 0 Å². The summed E-state index contributed by atoms with van der Waals surface area (Å²) < 4.78 is 6.23. The molecule has 6 heteroatoms. The summed E-state index contributed by atoms with van der Waals surface area (Å²) in [5, 5.41) is 10.7. The molecule has 2 heterocycles. The van der Waals surface area contributed by atoms with Crippen LogP contribution in [-0.4, -0.2) is 10.2 Å². The zero-order valence-corrected chi connectivity index (χ0v) is 18.9. The van der Waals surface area contributed by atoms with Gasteiger partial charge in [0, 0.05) is 22.3 Å². The second-order valence-electron chi connectivity index (χ2n) is 7.10. The van der Waals surface area contributed by atoms with Gasteiger partial charge in [-0.25, -0.2) is 0 Å². The maximum Gasteiger partial charge on any atom is 0.137 e. The zero-order chi connectivity index (χ0) is 22.1. The summed E-state index contributed by atoms with van der Waals surface area (Å²) in [6, 6.07) is 28.3. The predicted molar refractivity (Wildman–Crippen MR) is 131 cm³/mol. The van der Waals surface area contributed by atoms with Crippen LogP contribution in [-0.2, 0) is 0 Å². The number of aromatic nitrogens is 2. The normalized spacial score (nSPS) is 11.0. The molecular weight excluding hydrogens is 463 g/mol. The zero-order valence-electron chi connectivity index (χ0n) is 16.6. The van der Waals surface area contributed by atoms with E-state index in [1.807, 2.05) is 91.0 Å². The molecule has 156 valence electrons. The van der Waals surface area contributed by atoms with Gasteiger partial charge in [0.15, 0.2) is 0 Å². The number of benzene rings is 3. The Labute approximate surface area is 200 Å². The van der Waals surface area contributed by atoms with Gasteiger partial charge in [-0.2, -0.15) is 0 Å². The van der Waals surface area contributed by atoms with Crippen molar-refractivity contribution in [1.29, 1.82) is 0 Å². The molecule has 5 rings (SSSR count). The molecule has 0 N–H and O–H groups in total. The largest absolute Gasteiger partial charge is 0.456 e.